The average molecular weight is 360 g/mol. The van der Waals surface area contributed by atoms with Crippen LogP contribution in [0, 0.1) is 0 Å². The molecule has 3 aliphatic heterocycles. The molecule has 0 bridgehead atoms. The second kappa shape index (κ2) is 7.23. The standard InChI is InChI=1S/C15H30BrN3Si/c16-20(17-10-4-1-5-11-17,18-12-6-2-7-13-18)19-14-8-3-9-15-19/h1-15H2. The molecule has 0 saturated carbocycles. The predicted molar refractivity (Wildman–Crippen MR) is 91.0 cm³/mol. The van der Waals surface area contributed by atoms with E-state index < -0.39 is 7.18 Å². The maximum absolute atomic E-state index is 4.39. The van der Waals surface area contributed by atoms with Crippen molar-refractivity contribution in [3.05, 3.63) is 0 Å². The Morgan fingerprint density at radius 1 is 0.450 bits per heavy atom. The smallest absolute Gasteiger partial charge is 0.291 e. The zero-order chi connectivity index (χ0) is 13.8. The molecule has 0 amide bonds. The van der Waals surface area contributed by atoms with Crippen LogP contribution in [-0.2, 0) is 0 Å². The summed E-state index contributed by atoms with van der Waals surface area (Å²) in [6.45, 7) is 7.94. The molecule has 0 aromatic carbocycles. The summed E-state index contributed by atoms with van der Waals surface area (Å²) in [5.74, 6) is 0. The molecule has 0 N–H and O–H groups in total. The molecular formula is C15H30BrN3Si. The first-order chi connectivity index (χ1) is 9.82. The summed E-state index contributed by atoms with van der Waals surface area (Å²) >= 11 is 4.39. The summed E-state index contributed by atoms with van der Waals surface area (Å²) < 4.78 is 8.60. The highest BCUT2D eigenvalue weighted by Crippen LogP contribution is 2.33. The summed E-state index contributed by atoms with van der Waals surface area (Å²) in [6, 6.07) is 0. The lowest BCUT2D eigenvalue weighted by Gasteiger charge is -2.53. The van der Waals surface area contributed by atoms with Crippen molar-refractivity contribution in [2.24, 2.45) is 0 Å². The molecule has 3 fully saturated rings. The molecule has 3 aliphatic rings. The van der Waals surface area contributed by atoms with Crippen LogP contribution in [0.2, 0.25) is 0 Å². The lowest BCUT2D eigenvalue weighted by atomic mass is 10.2. The molecule has 0 radical (unpaired) electrons. The minimum absolute atomic E-state index is 1.32. The highest BCUT2D eigenvalue weighted by molar-refractivity contribution is 9.25. The highest BCUT2D eigenvalue weighted by Gasteiger charge is 2.50. The van der Waals surface area contributed by atoms with Crippen molar-refractivity contribution < 1.29 is 0 Å². The number of halogens is 1. The number of rotatable bonds is 3. The zero-order valence-electron chi connectivity index (χ0n) is 12.8. The Morgan fingerprint density at radius 2 is 0.700 bits per heavy atom. The van der Waals surface area contributed by atoms with Crippen LogP contribution >= 0.6 is 15.3 Å². The largest absolute Gasteiger partial charge is 0.364 e. The van der Waals surface area contributed by atoms with Gasteiger partial charge in [-0.05, 0) is 77.8 Å². The molecular weight excluding hydrogens is 330 g/mol. The third-order valence-electron chi connectivity index (χ3n) is 5.28. The lowest BCUT2D eigenvalue weighted by Crippen LogP contribution is -2.73. The molecule has 0 aliphatic carbocycles. The van der Waals surface area contributed by atoms with E-state index in [1.807, 2.05) is 0 Å². The van der Waals surface area contributed by atoms with Gasteiger partial charge in [-0.25, -0.2) is 0 Å². The molecule has 3 rings (SSSR count). The van der Waals surface area contributed by atoms with Crippen LogP contribution in [0.4, 0.5) is 0 Å². The maximum atomic E-state index is 4.39. The van der Waals surface area contributed by atoms with Crippen LogP contribution in [0.15, 0.2) is 0 Å². The lowest BCUT2D eigenvalue weighted by molar-refractivity contribution is 0.206. The third kappa shape index (κ3) is 3.17. The van der Waals surface area contributed by atoms with Gasteiger partial charge in [0.05, 0.1) is 0 Å². The third-order valence-corrected chi connectivity index (χ3v) is 13.5. The van der Waals surface area contributed by atoms with Gasteiger partial charge in [-0.2, -0.15) is 0 Å². The Bertz CT molecular complexity index is 252. The zero-order valence-corrected chi connectivity index (χ0v) is 15.4. The van der Waals surface area contributed by atoms with E-state index in [2.05, 4.69) is 29.0 Å². The Kier molecular flexibility index (Phi) is 5.59. The van der Waals surface area contributed by atoms with Crippen molar-refractivity contribution >= 4 is 22.5 Å². The van der Waals surface area contributed by atoms with Crippen LogP contribution in [-0.4, -0.2) is 60.1 Å². The maximum Gasteiger partial charge on any atom is 0.364 e. The topological polar surface area (TPSA) is 9.72 Å². The minimum Gasteiger partial charge on any atom is -0.291 e. The van der Waals surface area contributed by atoms with E-state index in [-0.39, 0.29) is 0 Å². The molecule has 5 heteroatoms. The van der Waals surface area contributed by atoms with Crippen LogP contribution in [0.3, 0.4) is 0 Å². The number of hydrogen-bond acceptors (Lipinski definition) is 3. The Labute approximate surface area is 133 Å². The van der Waals surface area contributed by atoms with Crippen LogP contribution in [0.25, 0.3) is 0 Å². The number of hydrogen-bond donors (Lipinski definition) is 0. The first kappa shape index (κ1) is 15.5. The first-order valence-electron chi connectivity index (χ1n) is 8.76. The second-order valence-electron chi connectivity index (χ2n) is 6.70. The fourth-order valence-electron chi connectivity index (χ4n) is 4.14. The van der Waals surface area contributed by atoms with Crippen molar-refractivity contribution in [1.29, 1.82) is 0 Å². The van der Waals surface area contributed by atoms with E-state index in [4.69, 9.17) is 0 Å². The van der Waals surface area contributed by atoms with Gasteiger partial charge in [0.1, 0.15) is 0 Å². The molecule has 3 heterocycles. The van der Waals surface area contributed by atoms with Gasteiger partial charge in [-0.3, -0.25) is 13.7 Å². The normalized spacial score (nSPS) is 28.6. The van der Waals surface area contributed by atoms with Crippen molar-refractivity contribution in [3.8, 4) is 0 Å². The summed E-state index contributed by atoms with van der Waals surface area (Å²) in [4.78, 5) is 0. The molecule has 116 valence electrons. The van der Waals surface area contributed by atoms with Gasteiger partial charge >= 0.3 is 7.18 Å². The fourth-order valence-corrected chi connectivity index (χ4v) is 11.2. The van der Waals surface area contributed by atoms with E-state index >= 15 is 0 Å². The van der Waals surface area contributed by atoms with Crippen molar-refractivity contribution in [2.45, 2.75) is 57.8 Å². The SMILES string of the molecule is Br[Si](N1CCCCC1)(N1CCCCC1)N1CCCCC1. The Morgan fingerprint density at radius 3 is 0.950 bits per heavy atom. The molecule has 0 atom stereocenters. The molecule has 0 unspecified atom stereocenters. The second-order valence-corrected chi connectivity index (χ2v) is 12.9. The van der Waals surface area contributed by atoms with Gasteiger partial charge in [0, 0.05) is 0 Å². The van der Waals surface area contributed by atoms with Crippen LogP contribution < -0.4 is 0 Å². The van der Waals surface area contributed by atoms with Gasteiger partial charge < -0.3 is 0 Å². The summed E-state index contributed by atoms with van der Waals surface area (Å²) in [5.41, 5.74) is 0. The van der Waals surface area contributed by atoms with Gasteiger partial charge in [0.2, 0.25) is 0 Å². The fraction of sp³-hybridized carbons (Fsp3) is 1.00. The van der Waals surface area contributed by atoms with E-state index in [1.54, 1.807) is 0 Å². The van der Waals surface area contributed by atoms with Crippen LogP contribution in [0.1, 0.15) is 57.8 Å². The number of piperidine rings is 3. The van der Waals surface area contributed by atoms with E-state index in [1.165, 1.54) is 97.1 Å². The van der Waals surface area contributed by atoms with E-state index in [9.17, 15) is 0 Å². The van der Waals surface area contributed by atoms with Crippen molar-refractivity contribution in [3.63, 3.8) is 0 Å². The van der Waals surface area contributed by atoms with Gasteiger partial charge in [-0.15, -0.1) is 0 Å². The first-order valence-corrected chi connectivity index (χ1v) is 12.9. The van der Waals surface area contributed by atoms with E-state index in [0.29, 0.717) is 0 Å². The monoisotopic (exact) mass is 359 g/mol. The molecule has 3 saturated heterocycles. The van der Waals surface area contributed by atoms with Gasteiger partial charge in [-0.1, -0.05) is 34.6 Å². The Balaban J connectivity index is 1.79. The highest BCUT2D eigenvalue weighted by atomic mass is 79.9. The summed E-state index contributed by atoms with van der Waals surface area (Å²) in [5, 5.41) is 0. The van der Waals surface area contributed by atoms with Gasteiger partial charge in [0.15, 0.2) is 0 Å². The molecule has 0 aromatic rings. The van der Waals surface area contributed by atoms with Gasteiger partial charge in [0.25, 0.3) is 0 Å². The molecule has 3 nitrogen and oxygen atoms in total. The molecule has 0 spiro atoms. The average Bonchev–Trinajstić information content (AvgIpc) is 2.56. The number of nitrogens with zero attached hydrogens (tertiary/aromatic N) is 3. The van der Waals surface area contributed by atoms with E-state index in [0.717, 1.165) is 0 Å². The summed E-state index contributed by atoms with van der Waals surface area (Å²) in [6.07, 6.45) is 12.7. The predicted octanol–water partition coefficient (Wildman–Crippen LogP) is 3.27. The van der Waals surface area contributed by atoms with Crippen molar-refractivity contribution in [2.75, 3.05) is 39.3 Å². The minimum atomic E-state index is -1.73. The molecule has 20 heavy (non-hydrogen) atoms. The Hall–Kier alpha value is 0.577. The van der Waals surface area contributed by atoms with Crippen LogP contribution in [0.5, 0.6) is 0 Å². The summed E-state index contributed by atoms with van der Waals surface area (Å²) in [7, 11) is -1.73. The molecule has 0 aromatic heterocycles. The quantitative estimate of drug-likeness (QED) is 0.565. The van der Waals surface area contributed by atoms with Crippen molar-refractivity contribution in [1.82, 2.24) is 13.7 Å².